The molecule has 0 spiro atoms. The fourth-order valence-electron chi connectivity index (χ4n) is 3.35. The molecule has 4 aromatic rings. The number of nitrogens with one attached hydrogen (secondary N) is 1. The van der Waals surface area contributed by atoms with Crippen molar-refractivity contribution >= 4 is 16.8 Å². The summed E-state index contributed by atoms with van der Waals surface area (Å²) in [5, 5.41) is 20.4. The number of hydrogen-bond donors (Lipinski definition) is 3. The van der Waals surface area contributed by atoms with Gasteiger partial charge in [-0.3, -0.25) is 15.0 Å². The Kier molecular flexibility index (Phi) is 5.26. The highest BCUT2D eigenvalue weighted by atomic mass is 19.1. The van der Waals surface area contributed by atoms with Gasteiger partial charge < -0.3 is 9.67 Å². The summed E-state index contributed by atoms with van der Waals surface area (Å²) in [6.07, 6.45) is 2.09. The number of hydroxylamine groups is 1. The van der Waals surface area contributed by atoms with Crippen molar-refractivity contribution in [1.82, 2.24) is 15.0 Å². The van der Waals surface area contributed by atoms with E-state index in [-0.39, 0.29) is 11.5 Å². The van der Waals surface area contributed by atoms with E-state index < -0.39 is 17.8 Å². The summed E-state index contributed by atoms with van der Waals surface area (Å²) in [5.74, 6) is -1.53. The number of aliphatic hydroxyl groups excluding tert-OH is 1. The van der Waals surface area contributed by atoms with Gasteiger partial charge in [-0.25, -0.2) is 14.3 Å². The van der Waals surface area contributed by atoms with Gasteiger partial charge in [-0.15, -0.1) is 0 Å². The molecule has 0 fully saturated rings. The van der Waals surface area contributed by atoms with Crippen molar-refractivity contribution in [3.05, 3.63) is 101 Å². The topological polar surface area (TPSA) is 87.4 Å². The number of aromatic nitrogens is 2. The molecule has 8 heteroatoms. The number of fused-ring (bicyclic) bond motifs is 1. The predicted octanol–water partition coefficient (Wildman–Crippen LogP) is 3.56. The van der Waals surface area contributed by atoms with Gasteiger partial charge in [-0.1, -0.05) is 24.3 Å². The van der Waals surface area contributed by atoms with Crippen molar-refractivity contribution in [3.8, 4) is 0 Å². The van der Waals surface area contributed by atoms with Gasteiger partial charge in [0, 0.05) is 29.9 Å². The zero-order chi connectivity index (χ0) is 21.3. The molecule has 2 heterocycles. The number of halogens is 2. The first-order valence-corrected chi connectivity index (χ1v) is 9.07. The normalized spacial score (nSPS) is 12.1. The van der Waals surface area contributed by atoms with Crippen LogP contribution in [0.4, 0.5) is 8.78 Å². The molecule has 152 valence electrons. The van der Waals surface area contributed by atoms with Gasteiger partial charge in [0.2, 0.25) is 0 Å². The Morgan fingerprint density at radius 1 is 1.07 bits per heavy atom. The molecule has 0 saturated heterocycles. The van der Waals surface area contributed by atoms with Crippen LogP contribution < -0.4 is 5.48 Å². The second-order valence-corrected chi connectivity index (χ2v) is 6.82. The highest BCUT2D eigenvalue weighted by molar-refractivity contribution is 5.96. The first kappa shape index (κ1) is 19.7. The van der Waals surface area contributed by atoms with Crippen LogP contribution in [0.2, 0.25) is 0 Å². The zero-order valence-electron chi connectivity index (χ0n) is 15.6. The SMILES string of the molecule is O=C(NO)c1cc2c(cn1)c(C(O)c1ccc(F)cc1)cn2Cc1ccc(F)cc1. The van der Waals surface area contributed by atoms with Crippen LogP contribution in [0, 0.1) is 11.6 Å². The van der Waals surface area contributed by atoms with E-state index >= 15 is 0 Å². The summed E-state index contributed by atoms with van der Waals surface area (Å²) >= 11 is 0. The second kappa shape index (κ2) is 8.02. The van der Waals surface area contributed by atoms with Crippen molar-refractivity contribution in [3.63, 3.8) is 0 Å². The predicted molar refractivity (Wildman–Crippen MR) is 105 cm³/mol. The first-order valence-electron chi connectivity index (χ1n) is 9.07. The van der Waals surface area contributed by atoms with Crippen molar-refractivity contribution in [2.75, 3.05) is 0 Å². The van der Waals surface area contributed by atoms with Gasteiger partial charge in [0.1, 0.15) is 23.4 Å². The summed E-state index contributed by atoms with van der Waals surface area (Å²) in [7, 11) is 0. The third-order valence-corrected chi connectivity index (χ3v) is 4.88. The Bertz CT molecular complexity index is 1210. The molecule has 0 radical (unpaired) electrons. The molecule has 1 atom stereocenters. The molecule has 2 aromatic heterocycles. The van der Waals surface area contributed by atoms with E-state index in [4.69, 9.17) is 5.21 Å². The van der Waals surface area contributed by atoms with Crippen molar-refractivity contribution in [2.45, 2.75) is 12.6 Å². The molecule has 1 amide bonds. The van der Waals surface area contributed by atoms with E-state index in [0.717, 1.165) is 5.56 Å². The average Bonchev–Trinajstić information content (AvgIpc) is 3.12. The Balaban J connectivity index is 1.82. The number of aliphatic hydroxyl groups is 1. The lowest BCUT2D eigenvalue weighted by Gasteiger charge is -2.10. The molecular weight excluding hydrogens is 392 g/mol. The maximum Gasteiger partial charge on any atom is 0.293 e. The monoisotopic (exact) mass is 409 g/mol. The average molecular weight is 409 g/mol. The molecule has 0 aliphatic heterocycles. The Morgan fingerprint density at radius 2 is 1.70 bits per heavy atom. The fraction of sp³-hybridized carbons (Fsp3) is 0.0909. The van der Waals surface area contributed by atoms with Crippen LogP contribution in [0.5, 0.6) is 0 Å². The number of nitrogens with zero attached hydrogens (tertiary/aromatic N) is 2. The molecule has 30 heavy (non-hydrogen) atoms. The standard InChI is InChI=1S/C22H17F2N3O3/c23-15-5-1-13(2-6-15)11-27-12-18(21(28)14-3-7-16(24)8-4-14)17-10-25-19(9-20(17)27)22(29)26-30/h1-10,12,21,28,30H,11H2,(H,26,29). The lowest BCUT2D eigenvalue weighted by Crippen LogP contribution is -2.19. The van der Waals surface area contributed by atoms with Gasteiger partial charge in [0.25, 0.3) is 5.91 Å². The van der Waals surface area contributed by atoms with Crippen molar-refractivity contribution in [2.24, 2.45) is 0 Å². The summed E-state index contributed by atoms with van der Waals surface area (Å²) in [5.41, 5.74) is 3.94. The molecule has 6 nitrogen and oxygen atoms in total. The van der Waals surface area contributed by atoms with Crippen LogP contribution in [0.15, 0.2) is 67.0 Å². The fourth-order valence-corrected chi connectivity index (χ4v) is 3.35. The van der Waals surface area contributed by atoms with E-state index in [1.807, 2.05) is 0 Å². The van der Waals surface area contributed by atoms with Crippen LogP contribution in [0.1, 0.15) is 33.3 Å². The molecule has 0 aliphatic rings. The maximum absolute atomic E-state index is 13.3. The number of carbonyl (C=O) groups excluding carboxylic acids is 1. The molecular formula is C22H17F2N3O3. The third kappa shape index (κ3) is 3.78. The molecule has 0 saturated carbocycles. The smallest absolute Gasteiger partial charge is 0.293 e. The molecule has 1 unspecified atom stereocenters. The number of pyridine rings is 1. The first-order chi connectivity index (χ1) is 14.5. The minimum absolute atomic E-state index is 0.00808. The zero-order valence-corrected chi connectivity index (χ0v) is 15.6. The summed E-state index contributed by atoms with van der Waals surface area (Å²) < 4.78 is 28.3. The van der Waals surface area contributed by atoms with E-state index in [1.54, 1.807) is 28.4 Å². The summed E-state index contributed by atoms with van der Waals surface area (Å²) in [6, 6.07) is 13.0. The molecule has 4 rings (SSSR count). The van der Waals surface area contributed by atoms with Crippen LogP contribution in [-0.4, -0.2) is 25.8 Å². The van der Waals surface area contributed by atoms with Gasteiger partial charge in [-0.2, -0.15) is 0 Å². The maximum atomic E-state index is 13.3. The molecule has 0 bridgehead atoms. The quantitative estimate of drug-likeness (QED) is 0.347. The number of rotatable bonds is 5. The van der Waals surface area contributed by atoms with E-state index in [2.05, 4.69) is 4.98 Å². The van der Waals surface area contributed by atoms with E-state index in [0.29, 0.717) is 28.6 Å². The van der Waals surface area contributed by atoms with Gasteiger partial charge in [-0.05, 0) is 41.5 Å². The third-order valence-electron chi connectivity index (χ3n) is 4.88. The summed E-state index contributed by atoms with van der Waals surface area (Å²) in [6.45, 7) is 0.344. The van der Waals surface area contributed by atoms with Gasteiger partial charge >= 0.3 is 0 Å². The van der Waals surface area contributed by atoms with Crippen LogP contribution in [0.3, 0.4) is 0 Å². The van der Waals surface area contributed by atoms with Crippen molar-refractivity contribution < 1.29 is 23.9 Å². The molecule has 0 aliphatic carbocycles. The highest BCUT2D eigenvalue weighted by Crippen LogP contribution is 2.31. The summed E-state index contributed by atoms with van der Waals surface area (Å²) in [4.78, 5) is 15.9. The molecule has 2 aromatic carbocycles. The lowest BCUT2D eigenvalue weighted by molar-refractivity contribution is 0.0701. The Morgan fingerprint density at radius 3 is 2.33 bits per heavy atom. The number of benzene rings is 2. The van der Waals surface area contributed by atoms with Crippen LogP contribution in [0.25, 0.3) is 10.9 Å². The minimum atomic E-state index is -1.05. The van der Waals surface area contributed by atoms with E-state index in [9.17, 15) is 18.7 Å². The lowest BCUT2D eigenvalue weighted by atomic mass is 10.0. The number of carbonyl (C=O) groups is 1. The highest BCUT2D eigenvalue weighted by Gasteiger charge is 2.20. The largest absolute Gasteiger partial charge is 0.384 e. The molecule has 3 N–H and O–H groups in total. The van der Waals surface area contributed by atoms with Gasteiger partial charge in [0.15, 0.2) is 0 Å². The minimum Gasteiger partial charge on any atom is -0.384 e. The van der Waals surface area contributed by atoms with Crippen LogP contribution >= 0.6 is 0 Å². The van der Waals surface area contributed by atoms with Crippen molar-refractivity contribution in [1.29, 1.82) is 0 Å². The van der Waals surface area contributed by atoms with Crippen LogP contribution in [-0.2, 0) is 6.54 Å². The number of hydrogen-bond acceptors (Lipinski definition) is 4. The second-order valence-electron chi connectivity index (χ2n) is 6.82. The van der Waals surface area contributed by atoms with Gasteiger partial charge in [0.05, 0.1) is 5.52 Å². The Hall–Kier alpha value is -3.62. The number of amides is 1. The Labute approximate surface area is 170 Å². The van der Waals surface area contributed by atoms with E-state index in [1.165, 1.54) is 48.7 Å².